The topological polar surface area (TPSA) is 9.23 Å². The molecule has 1 nitrogen and oxygen atoms in total. The predicted molar refractivity (Wildman–Crippen MR) is 49.3 cm³/mol. The number of hydrogen-bond acceptors (Lipinski definition) is 2. The van der Waals surface area contributed by atoms with E-state index in [-0.39, 0.29) is 6.61 Å². The van der Waals surface area contributed by atoms with E-state index in [4.69, 9.17) is 0 Å². The summed E-state index contributed by atoms with van der Waals surface area (Å²) < 4.78 is 40.5. The summed E-state index contributed by atoms with van der Waals surface area (Å²) in [5.74, 6) is 1.31. The standard InChI is InChI=1S/C7H12ClF3OS/c1-2-4-13-5-3-12-7(10,11)6(8)9/h6H,2-5H2,1H3. The van der Waals surface area contributed by atoms with Crippen molar-refractivity contribution in [3.63, 3.8) is 0 Å². The van der Waals surface area contributed by atoms with E-state index in [2.05, 4.69) is 16.3 Å². The van der Waals surface area contributed by atoms with E-state index in [0.29, 0.717) is 5.75 Å². The molecule has 0 heterocycles. The van der Waals surface area contributed by atoms with E-state index in [1.165, 1.54) is 11.8 Å². The van der Waals surface area contributed by atoms with Gasteiger partial charge >= 0.3 is 6.11 Å². The molecule has 0 fully saturated rings. The Morgan fingerprint density at radius 1 is 1.46 bits per heavy atom. The molecule has 0 aliphatic carbocycles. The first-order chi connectivity index (χ1) is 6.00. The SMILES string of the molecule is CCCSCCOC(F)(F)C(F)Cl. The lowest BCUT2D eigenvalue weighted by atomic mass is 10.6. The van der Waals surface area contributed by atoms with Gasteiger partial charge in [-0.2, -0.15) is 20.5 Å². The Bertz CT molecular complexity index is 135. The van der Waals surface area contributed by atoms with Crippen LogP contribution in [0.4, 0.5) is 13.2 Å². The van der Waals surface area contributed by atoms with E-state index in [9.17, 15) is 13.2 Å². The fraction of sp³-hybridized carbons (Fsp3) is 1.00. The van der Waals surface area contributed by atoms with Crippen LogP contribution in [0.1, 0.15) is 13.3 Å². The maximum atomic E-state index is 12.3. The second kappa shape index (κ2) is 6.79. The summed E-state index contributed by atoms with van der Waals surface area (Å²) in [4.78, 5) is 0. The molecule has 13 heavy (non-hydrogen) atoms. The van der Waals surface area contributed by atoms with Gasteiger partial charge in [0.15, 0.2) is 0 Å². The van der Waals surface area contributed by atoms with E-state index < -0.39 is 11.7 Å². The Morgan fingerprint density at radius 2 is 2.08 bits per heavy atom. The van der Waals surface area contributed by atoms with Gasteiger partial charge in [-0.15, -0.1) is 0 Å². The second-order valence-electron chi connectivity index (χ2n) is 2.32. The van der Waals surface area contributed by atoms with Crippen molar-refractivity contribution in [2.24, 2.45) is 0 Å². The first-order valence-electron chi connectivity index (χ1n) is 3.88. The minimum Gasteiger partial charge on any atom is -0.316 e. The van der Waals surface area contributed by atoms with Crippen molar-refractivity contribution in [3.8, 4) is 0 Å². The van der Waals surface area contributed by atoms with Crippen LogP contribution in [-0.4, -0.2) is 29.9 Å². The molecule has 0 radical (unpaired) electrons. The molecule has 80 valence electrons. The zero-order valence-corrected chi connectivity index (χ0v) is 8.81. The quantitative estimate of drug-likeness (QED) is 0.496. The molecule has 1 unspecified atom stereocenters. The number of ether oxygens (including phenoxy) is 1. The molecule has 0 aliphatic heterocycles. The number of alkyl halides is 4. The van der Waals surface area contributed by atoms with Crippen molar-refractivity contribution in [1.29, 1.82) is 0 Å². The lowest BCUT2D eigenvalue weighted by Gasteiger charge is -2.15. The molecule has 6 heteroatoms. The van der Waals surface area contributed by atoms with Crippen LogP contribution in [0.2, 0.25) is 0 Å². The highest BCUT2D eigenvalue weighted by atomic mass is 35.5. The third kappa shape index (κ3) is 6.46. The summed E-state index contributed by atoms with van der Waals surface area (Å²) in [5, 5.41) is 0. The summed E-state index contributed by atoms with van der Waals surface area (Å²) in [5.41, 5.74) is -2.77. The fourth-order valence-electron chi connectivity index (χ4n) is 0.546. The maximum absolute atomic E-state index is 12.3. The lowest BCUT2D eigenvalue weighted by molar-refractivity contribution is -0.253. The minimum atomic E-state index is -3.87. The van der Waals surface area contributed by atoms with Crippen molar-refractivity contribution in [1.82, 2.24) is 0 Å². The highest BCUT2D eigenvalue weighted by molar-refractivity contribution is 7.99. The number of halogens is 4. The Balaban J connectivity index is 3.41. The normalized spacial score (nSPS) is 14.5. The Labute approximate surface area is 85.0 Å². The van der Waals surface area contributed by atoms with Crippen LogP contribution in [0, 0.1) is 0 Å². The molecule has 0 spiro atoms. The fourth-order valence-corrected chi connectivity index (χ4v) is 1.30. The Kier molecular flexibility index (Phi) is 6.99. The largest absolute Gasteiger partial charge is 0.400 e. The third-order valence-corrected chi connectivity index (χ3v) is 2.53. The van der Waals surface area contributed by atoms with E-state index in [1.54, 1.807) is 0 Å². The van der Waals surface area contributed by atoms with Crippen LogP contribution in [0.5, 0.6) is 0 Å². The van der Waals surface area contributed by atoms with Gasteiger partial charge in [-0.1, -0.05) is 18.5 Å². The zero-order valence-electron chi connectivity index (χ0n) is 7.23. The maximum Gasteiger partial charge on any atom is 0.400 e. The summed E-state index contributed by atoms with van der Waals surface area (Å²) in [6.45, 7) is 1.80. The molecule has 0 bridgehead atoms. The molecule has 0 aliphatic rings. The van der Waals surface area contributed by atoms with Gasteiger partial charge in [0.2, 0.25) is 0 Å². The summed E-state index contributed by atoms with van der Waals surface area (Å²) in [7, 11) is 0. The van der Waals surface area contributed by atoms with Crippen LogP contribution < -0.4 is 0 Å². The summed E-state index contributed by atoms with van der Waals surface area (Å²) >= 11 is 6.04. The summed E-state index contributed by atoms with van der Waals surface area (Å²) in [6, 6.07) is 0. The van der Waals surface area contributed by atoms with Crippen LogP contribution in [-0.2, 0) is 4.74 Å². The van der Waals surface area contributed by atoms with Crippen molar-refractivity contribution >= 4 is 23.4 Å². The van der Waals surface area contributed by atoms with Crippen molar-refractivity contribution in [3.05, 3.63) is 0 Å². The van der Waals surface area contributed by atoms with Crippen molar-refractivity contribution < 1.29 is 17.9 Å². The molecule has 0 rings (SSSR count). The molecule has 0 saturated heterocycles. The molecular weight excluding hydrogens is 225 g/mol. The average molecular weight is 237 g/mol. The molecular formula is C7H12ClF3OS. The minimum absolute atomic E-state index is 0.190. The van der Waals surface area contributed by atoms with Crippen LogP contribution in [0.25, 0.3) is 0 Å². The Hall–Kier alpha value is 0.390. The highest BCUT2D eigenvalue weighted by Gasteiger charge is 2.40. The van der Waals surface area contributed by atoms with Gasteiger partial charge < -0.3 is 4.74 Å². The van der Waals surface area contributed by atoms with E-state index in [0.717, 1.165) is 12.2 Å². The van der Waals surface area contributed by atoms with Crippen LogP contribution >= 0.6 is 23.4 Å². The first-order valence-corrected chi connectivity index (χ1v) is 5.47. The van der Waals surface area contributed by atoms with Gasteiger partial charge in [0.25, 0.3) is 5.63 Å². The Morgan fingerprint density at radius 3 is 2.54 bits per heavy atom. The summed E-state index contributed by atoms with van der Waals surface area (Å²) in [6.07, 6.45) is -2.89. The monoisotopic (exact) mass is 236 g/mol. The molecule has 0 amide bonds. The highest BCUT2D eigenvalue weighted by Crippen LogP contribution is 2.25. The molecule has 0 aromatic heterocycles. The molecule has 1 atom stereocenters. The van der Waals surface area contributed by atoms with Gasteiger partial charge in [-0.25, -0.2) is 4.39 Å². The van der Waals surface area contributed by atoms with Crippen molar-refractivity contribution in [2.45, 2.75) is 25.1 Å². The molecule has 0 aromatic rings. The number of thioether (sulfide) groups is 1. The molecule has 0 saturated carbocycles. The van der Waals surface area contributed by atoms with Gasteiger partial charge in [0, 0.05) is 5.75 Å². The van der Waals surface area contributed by atoms with E-state index in [1.807, 2.05) is 6.92 Å². The van der Waals surface area contributed by atoms with Crippen LogP contribution in [0.3, 0.4) is 0 Å². The van der Waals surface area contributed by atoms with E-state index >= 15 is 0 Å². The molecule has 0 aromatic carbocycles. The third-order valence-electron chi connectivity index (χ3n) is 1.12. The van der Waals surface area contributed by atoms with Gasteiger partial charge in [0.05, 0.1) is 6.61 Å². The van der Waals surface area contributed by atoms with Gasteiger partial charge in [-0.3, -0.25) is 0 Å². The van der Waals surface area contributed by atoms with Gasteiger partial charge in [-0.05, 0) is 12.2 Å². The van der Waals surface area contributed by atoms with Gasteiger partial charge in [0.1, 0.15) is 0 Å². The van der Waals surface area contributed by atoms with Crippen molar-refractivity contribution in [2.75, 3.05) is 18.1 Å². The second-order valence-corrected chi connectivity index (χ2v) is 3.93. The predicted octanol–water partition coefficient (Wildman–Crippen LogP) is 3.27. The number of hydrogen-bond donors (Lipinski definition) is 0. The zero-order chi connectivity index (χ0) is 10.3. The molecule has 0 N–H and O–H groups in total. The van der Waals surface area contributed by atoms with Crippen LogP contribution in [0.15, 0.2) is 0 Å². The average Bonchev–Trinajstić information content (AvgIpc) is 2.03. The first kappa shape index (κ1) is 13.4. The number of rotatable bonds is 7. The lowest BCUT2D eigenvalue weighted by Crippen LogP contribution is -2.30. The smallest absolute Gasteiger partial charge is 0.316 e.